The van der Waals surface area contributed by atoms with Gasteiger partial charge >= 0.3 is 0 Å². The number of rotatable bonds is 8. The summed E-state index contributed by atoms with van der Waals surface area (Å²) in [5, 5.41) is 12.8. The zero-order valence-electron chi connectivity index (χ0n) is 14.0. The summed E-state index contributed by atoms with van der Waals surface area (Å²) in [4.78, 5) is 6.94. The third-order valence-corrected chi connectivity index (χ3v) is 4.88. The first kappa shape index (κ1) is 17.4. The van der Waals surface area contributed by atoms with Gasteiger partial charge in [0.1, 0.15) is 0 Å². The number of nitrogens with one attached hydrogen (secondary N) is 1. The Hall–Kier alpha value is -0.970. The van der Waals surface area contributed by atoms with E-state index < -0.39 is 0 Å². The zero-order chi connectivity index (χ0) is 15.8. The van der Waals surface area contributed by atoms with Gasteiger partial charge in [0.05, 0.1) is 5.69 Å². The molecule has 1 aliphatic rings. The Morgan fingerprint density at radius 2 is 2.32 bits per heavy atom. The number of nitrogens with zero attached hydrogens (tertiary/aromatic N) is 2. The van der Waals surface area contributed by atoms with E-state index in [2.05, 4.69) is 41.2 Å². The van der Waals surface area contributed by atoms with Crippen LogP contribution in [0.3, 0.4) is 0 Å². The Labute approximate surface area is 134 Å². The second-order valence-electron chi connectivity index (χ2n) is 6.62. The van der Waals surface area contributed by atoms with Crippen molar-refractivity contribution in [2.24, 2.45) is 11.8 Å². The van der Waals surface area contributed by atoms with Crippen LogP contribution in [0.2, 0.25) is 0 Å². The molecule has 0 aliphatic carbocycles. The van der Waals surface area contributed by atoms with E-state index in [-0.39, 0.29) is 0 Å². The molecule has 1 aliphatic heterocycles. The fourth-order valence-corrected chi connectivity index (χ4v) is 3.35. The minimum atomic E-state index is 0.304. The molecule has 124 valence electrons. The second kappa shape index (κ2) is 9.23. The second-order valence-corrected chi connectivity index (χ2v) is 6.62. The maximum Gasteiger partial charge on any atom is 0.0543 e. The summed E-state index contributed by atoms with van der Waals surface area (Å²) in [6.45, 7) is 9.11. The highest BCUT2D eigenvalue weighted by Crippen LogP contribution is 2.19. The van der Waals surface area contributed by atoms with Gasteiger partial charge in [-0.05, 0) is 43.4 Å². The molecule has 3 unspecified atom stereocenters. The highest BCUT2D eigenvalue weighted by Gasteiger charge is 2.26. The van der Waals surface area contributed by atoms with Gasteiger partial charge in [-0.2, -0.15) is 0 Å². The van der Waals surface area contributed by atoms with Gasteiger partial charge in [0.2, 0.25) is 0 Å². The van der Waals surface area contributed by atoms with E-state index in [1.54, 1.807) is 0 Å². The summed E-state index contributed by atoms with van der Waals surface area (Å²) in [5.41, 5.74) is 1.16. The highest BCUT2D eigenvalue weighted by molar-refractivity contribution is 5.03. The predicted octanol–water partition coefficient (Wildman–Crippen LogP) is 2.29. The summed E-state index contributed by atoms with van der Waals surface area (Å²) >= 11 is 0. The number of likely N-dealkylation sites (tertiary alicyclic amines) is 1. The summed E-state index contributed by atoms with van der Waals surface area (Å²) in [7, 11) is 0. The van der Waals surface area contributed by atoms with Crippen LogP contribution >= 0.6 is 0 Å². The molecule has 1 saturated heterocycles. The average Bonchev–Trinajstić information content (AvgIpc) is 2.54. The van der Waals surface area contributed by atoms with E-state index in [1.165, 1.54) is 6.42 Å². The minimum absolute atomic E-state index is 0.304. The molecule has 3 atom stereocenters. The molecule has 4 nitrogen and oxygen atoms in total. The molecular weight excluding hydrogens is 274 g/mol. The van der Waals surface area contributed by atoms with Crippen LogP contribution in [0.1, 0.15) is 38.8 Å². The minimum Gasteiger partial charge on any atom is -0.396 e. The molecule has 1 aromatic heterocycles. The number of pyridine rings is 1. The number of aliphatic hydroxyl groups is 1. The van der Waals surface area contributed by atoms with Gasteiger partial charge in [0.25, 0.3) is 0 Å². The SMILES string of the molecule is CCC(CCO)CNC1CCN(Cc2ccccn2)CC1C. The Balaban J connectivity index is 1.75. The van der Waals surface area contributed by atoms with E-state index in [1.807, 2.05) is 12.3 Å². The molecule has 2 N–H and O–H groups in total. The molecule has 0 amide bonds. The van der Waals surface area contributed by atoms with Gasteiger partial charge in [-0.25, -0.2) is 0 Å². The van der Waals surface area contributed by atoms with Crippen molar-refractivity contribution < 1.29 is 5.11 Å². The van der Waals surface area contributed by atoms with Crippen LogP contribution in [0.5, 0.6) is 0 Å². The topological polar surface area (TPSA) is 48.4 Å². The first-order valence-corrected chi connectivity index (χ1v) is 8.69. The molecule has 4 heteroatoms. The van der Waals surface area contributed by atoms with Crippen molar-refractivity contribution in [1.82, 2.24) is 15.2 Å². The summed E-state index contributed by atoms with van der Waals surface area (Å²) in [5.74, 6) is 1.26. The van der Waals surface area contributed by atoms with Gasteiger partial charge in [-0.3, -0.25) is 9.88 Å². The zero-order valence-corrected chi connectivity index (χ0v) is 14.0. The van der Waals surface area contributed by atoms with Crippen molar-refractivity contribution in [1.29, 1.82) is 0 Å². The van der Waals surface area contributed by atoms with Crippen molar-refractivity contribution in [3.63, 3.8) is 0 Å². The molecule has 1 aromatic rings. The van der Waals surface area contributed by atoms with Crippen LogP contribution in [0, 0.1) is 11.8 Å². The molecular formula is C18H31N3O. The number of piperidine rings is 1. The van der Waals surface area contributed by atoms with Crippen LogP contribution < -0.4 is 5.32 Å². The molecule has 0 saturated carbocycles. The van der Waals surface area contributed by atoms with Gasteiger partial charge in [-0.1, -0.05) is 26.3 Å². The molecule has 0 aromatic carbocycles. The highest BCUT2D eigenvalue weighted by atomic mass is 16.3. The molecule has 0 spiro atoms. The van der Waals surface area contributed by atoms with Crippen LogP contribution in [0.15, 0.2) is 24.4 Å². The predicted molar refractivity (Wildman–Crippen MR) is 90.6 cm³/mol. The Kier molecular flexibility index (Phi) is 7.30. The fourth-order valence-electron chi connectivity index (χ4n) is 3.35. The molecule has 22 heavy (non-hydrogen) atoms. The molecule has 2 rings (SSSR count). The van der Waals surface area contributed by atoms with Gasteiger partial charge in [0.15, 0.2) is 0 Å². The Morgan fingerprint density at radius 3 is 2.95 bits per heavy atom. The number of aliphatic hydroxyl groups excluding tert-OH is 1. The maximum absolute atomic E-state index is 9.09. The Bertz CT molecular complexity index is 412. The quantitative estimate of drug-likeness (QED) is 0.774. The fraction of sp³-hybridized carbons (Fsp3) is 0.722. The van der Waals surface area contributed by atoms with E-state index >= 15 is 0 Å². The van der Waals surface area contributed by atoms with Crippen molar-refractivity contribution >= 4 is 0 Å². The lowest BCUT2D eigenvalue weighted by Crippen LogP contribution is -2.49. The van der Waals surface area contributed by atoms with E-state index in [0.29, 0.717) is 24.5 Å². The van der Waals surface area contributed by atoms with Crippen LogP contribution in [0.25, 0.3) is 0 Å². The monoisotopic (exact) mass is 305 g/mol. The molecule has 1 fully saturated rings. The van der Waals surface area contributed by atoms with E-state index in [0.717, 1.165) is 44.7 Å². The third-order valence-electron chi connectivity index (χ3n) is 4.88. The summed E-state index contributed by atoms with van der Waals surface area (Å²) < 4.78 is 0. The van der Waals surface area contributed by atoms with Crippen molar-refractivity contribution in [2.75, 3.05) is 26.2 Å². The van der Waals surface area contributed by atoms with Crippen molar-refractivity contribution in [2.45, 2.75) is 45.7 Å². The molecule has 0 bridgehead atoms. The lowest BCUT2D eigenvalue weighted by molar-refractivity contribution is 0.135. The first-order chi connectivity index (χ1) is 10.7. The number of hydrogen-bond donors (Lipinski definition) is 2. The smallest absolute Gasteiger partial charge is 0.0543 e. The van der Waals surface area contributed by atoms with Crippen LogP contribution in [0.4, 0.5) is 0 Å². The van der Waals surface area contributed by atoms with Crippen molar-refractivity contribution in [3.8, 4) is 0 Å². The van der Waals surface area contributed by atoms with E-state index in [9.17, 15) is 0 Å². The Morgan fingerprint density at radius 1 is 1.45 bits per heavy atom. The van der Waals surface area contributed by atoms with Gasteiger partial charge in [-0.15, -0.1) is 0 Å². The normalized spacial score (nSPS) is 24.3. The number of aromatic nitrogens is 1. The van der Waals surface area contributed by atoms with E-state index in [4.69, 9.17) is 5.11 Å². The van der Waals surface area contributed by atoms with Gasteiger partial charge < -0.3 is 10.4 Å². The lowest BCUT2D eigenvalue weighted by atomic mass is 9.92. The largest absolute Gasteiger partial charge is 0.396 e. The van der Waals surface area contributed by atoms with Crippen molar-refractivity contribution in [3.05, 3.63) is 30.1 Å². The summed E-state index contributed by atoms with van der Waals surface area (Å²) in [6, 6.07) is 6.74. The molecule has 0 radical (unpaired) electrons. The standard InChI is InChI=1S/C18H31N3O/c1-3-16(8-11-22)12-20-18-7-10-21(13-15(18)2)14-17-6-4-5-9-19-17/h4-6,9,15-16,18,20,22H,3,7-8,10-14H2,1-2H3. The maximum atomic E-state index is 9.09. The van der Waals surface area contributed by atoms with Gasteiger partial charge in [0, 0.05) is 38.5 Å². The lowest BCUT2D eigenvalue weighted by Gasteiger charge is -2.38. The van der Waals surface area contributed by atoms with Crippen LogP contribution in [-0.2, 0) is 6.54 Å². The van der Waals surface area contributed by atoms with Crippen LogP contribution in [-0.4, -0.2) is 47.3 Å². The number of hydrogen-bond acceptors (Lipinski definition) is 4. The first-order valence-electron chi connectivity index (χ1n) is 8.69. The third kappa shape index (κ3) is 5.34. The summed E-state index contributed by atoms with van der Waals surface area (Å²) in [6.07, 6.45) is 5.12. The average molecular weight is 305 g/mol. The molecule has 2 heterocycles.